The van der Waals surface area contributed by atoms with Crippen molar-refractivity contribution in [3.8, 4) is 0 Å². The lowest BCUT2D eigenvalue weighted by Gasteiger charge is -2.06. The van der Waals surface area contributed by atoms with Crippen molar-refractivity contribution in [2.75, 3.05) is 29.6 Å². The van der Waals surface area contributed by atoms with Crippen molar-refractivity contribution in [3.63, 3.8) is 0 Å². The predicted molar refractivity (Wildman–Crippen MR) is 68.1 cm³/mol. The van der Waals surface area contributed by atoms with Crippen molar-refractivity contribution in [2.24, 2.45) is 0 Å². The fourth-order valence-electron chi connectivity index (χ4n) is 1.47. The number of nitrogen functional groups attached to an aromatic ring is 1. The number of nitrogens with zero attached hydrogens (tertiary/aromatic N) is 3. The van der Waals surface area contributed by atoms with Gasteiger partial charge in [0.15, 0.2) is 5.65 Å². The van der Waals surface area contributed by atoms with Crippen LogP contribution in [0.4, 0.5) is 11.8 Å². The quantitative estimate of drug-likeness (QED) is 0.654. The molecule has 92 valence electrons. The molecule has 1 unspecified atom stereocenters. The summed E-state index contributed by atoms with van der Waals surface area (Å²) < 4.78 is 10.9. The van der Waals surface area contributed by atoms with Crippen LogP contribution in [0, 0.1) is 0 Å². The maximum atomic E-state index is 10.9. The fourth-order valence-corrected chi connectivity index (χ4v) is 2.02. The molecule has 2 aromatic heterocycles. The molecule has 0 amide bonds. The Morgan fingerprint density at radius 2 is 2.35 bits per heavy atom. The maximum Gasteiger partial charge on any atom is 0.224 e. The molecule has 8 heteroatoms. The van der Waals surface area contributed by atoms with Crippen molar-refractivity contribution in [1.29, 1.82) is 0 Å². The molecule has 2 heterocycles. The first-order valence-corrected chi connectivity index (χ1v) is 6.90. The predicted octanol–water partition coefficient (Wildman–Crippen LogP) is 0.116. The highest BCUT2D eigenvalue weighted by Crippen LogP contribution is 2.18. The molecule has 0 aromatic carbocycles. The molecule has 17 heavy (non-hydrogen) atoms. The minimum absolute atomic E-state index is 0.198. The summed E-state index contributed by atoms with van der Waals surface area (Å²) in [5.41, 5.74) is 6.19. The Bertz CT molecular complexity index is 539. The lowest BCUT2D eigenvalue weighted by Crippen LogP contribution is -2.09. The minimum Gasteiger partial charge on any atom is -0.369 e. The van der Waals surface area contributed by atoms with E-state index in [0.717, 1.165) is 11.8 Å². The molecular formula is C9H14N6OS. The molecule has 0 fully saturated rings. The smallest absolute Gasteiger partial charge is 0.224 e. The second-order valence-electron chi connectivity index (χ2n) is 3.62. The summed E-state index contributed by atoms with van der Waals surface area (Å²) in [7, 11) is -0.763. The number of nitrogens with two attached hydrogens (primary N) is 1. The molecule has 0 spiro atoms. The molecule has 7 nitrogen and oxygen atoms in total. The monoisotopic (exact) mass is 254 g/mol. The van der Waals surface area contributed by atoms with Crippen LogP contribution in [0.5, 0.6) is 0 Å². The van der Waals surface area contributed by atoms with Gasteiger partial charge in [-0.15, -0.1) is 0 Å². The van der Waals surface area contributed by atoms with E-state index in [-0.39, 0.29) is 5.95 Å². The summed E-state index contributed by atoms with van der Waals surface area (Å²) in [4.78, 5) is 8.12. The lowest BCUT2D eigenvalue weighted by atomic mass is 10.4. The summed E-state index contributed by atoms with van der Waals surface area (Å²) in [6.07, 6.45) is 4.15. The van der Waals surface area contributed by atoms with E-state index in [1.807, 2.05) is 0 Å². The van der Waals surface area contributed by atoms with Crippen LogP contribution in [0.2, 0.25) is 0 Å². The highest BCUT2D eigenvalue weighted by Gasteiger charge is 2.07. The average molecular weight is 254 g/mol. The zero-order valence-electron chi connectivity index (χ0n) is 9.43. The molecular weight excluding hydrogens is 240 g/mol. The van der Waals surface area contributed by atoms with E-state index in [9.17, 15) is 4.21 Å². The summed E-state index contributed by atoms with van der Waals surface area (Å²) in [6, 6.07) is 0. The van der Waals surface area contributed by atoms with Crippen LogP contribution in [0.3, 0.4) is 0 Å². The molecule has 0 aliphatic rings. The number of hydrogen-bond donors (Lipinski definition) is 3. The van der Waals surface area contributed by atoms with Gasteiger partial charge in [0.1, 0.15) is 5.82 Å². The zero-order valence-corrected chi connectivity index (χ0v) is 10.3. The highest BCUT2D eigenvalue weighted by atomic mass is 32.2. The first-order valence-electron chi connectivity index (χ1n) is 5.17. The molecule has 2 aromatic rings. The largest absolute Gasteiger partial charge is 0.369 e. The van der Waals surface area contributed by atoms with Gasteiger partial charge in [0, 0.05) is 29.4 Å². The van der Waals surface area contributed by atoms with Gasteiger partial charge in [-0.3, -0.25) is 9.31 Å². The van der Waals surface area contributed by atoms with Gasteiger partial charge in [-0.2, -0.15) is 15.1 Å². The van der Waals surface area contributed by atoms with Gasteiger partial charge in [-0.05, 0) is 6.42 Å². The van der Waals surface area contributed by atoms with E-state index in [1.54, 1.807) is 12.5 Å². The van der Waals surface area contributed by atoms with E-state index in [2.05, 4.69) is 25.5 Å². The van der Waals surface area contributed by atoms with Gasteiger partial charge >= 0.3 is 0 Å². The second-order valence-corrected chi connectivity index (χ2v) is 5.17. The molecule has 0 aliphatic carbocycles. The number of aromatic nitrogens is 4. The van der Waals surface area contributed by atoms with Crippen molar-refractivity contribution in [3.05, 3.63) is 6.20 Å². The Morgan fingerprint density at radius 1 is 1.53 bits per heavy atom. The standard InChI is InChI=1S/C9H14N6OS/c1-17(16)4-2-3-11-7-6-5-12-15-8(6)14-9(10)13-7/h5H,2-4H2,1H3,(H4,10,11,12,13,14,15). The van der Waals surface area contributed by atoms with Crippen LogP contribution in [-0.4, -0.2) is 42.9 Å². The number of fused-ring (bicyclic) bond motifs is 1. The number of nitrogens with one attached hydrogen (secondary N) is 2. The SMILES string of the molecule is CS(=O)CCCNc1nc(N)nc2[nH]ncc12. The van der Waals surface area contributed by atoms with E-state index >= 15 is 0 Å². The lowest BCUT2D eigenvalue weighted by molar-refractivity contribution is 0.685. The van der Waals surface area contributed by atoms with Crippen LogP contribution < -0.4 is 11.1 Å². The molecule has 0 saturated carbocycles. The normalized spacial score (nSPS) is 12.8. The van der Waals surface area contributed by atoms with Crippen molar-refractivity contribution >= 4 is 33.6 Å². The maximum absolute atomic E-state index is 10.9. The molecule has 0 saturated heterocycles. The van der Waals surface area contributed by atoms with E-state index < -0.39 is 10.8 Å². The Morgan fingerprint density at radius 3 is 3.12 bits per heavy atom. The third-order valence-corrected chi connectivity index (χ3v) is 3.09. The molecule has 0 radical (unpaired) electrons. The van der Waals surface area contributed by atoms with Crippen LogP contribution in [0.1, 0.15) is 6.42 Å². The van der Waals surface area contributed by atoms with Gasteiger partial charge < -0.3 is 11.1 Å². The van der Waals surface area contributed by atoms with Crippen molar-refractivity contribution in [1.82, 2.24) is 20.2 Å². The minimum atomic E-state index is -0.763. The molecule has 1 atom stereocenters. The van der Waals surface area contributed by atoms with Crippen molar-refractivity contribution < 1.29 is 4.21 Å². The highest BCUT2D eigenvalue weighted by molar-refractivity contribution is 7.84. The molecule has 0 aliphatic heterocycles. The first kappa shape index (κ1) is 11.8. The topological polar surface area (TPSA) is 110 Å². The van der Waals surface area contributed by atoms with Gasteiger partial charge in [0.25, 0.3) is 0 Å². The van der Waals surface area contributed by atoms with Gasteiger partial charge in [-0.1, -0.05) is 0 Å². The average Bonchev–Trinajstić information content (AvgIpc) is 2.71. The first-order chi connectivity index (χ1) is 8.16. The Balaban J connectivity index is 2.07. The Labute approximate surface area is 101 Å². The van der Waals surface area contributed by atoms with Crippen LogP contribution >= 0.6 is 0 Å². The zero-order chi connectivity index (χ0) is 12.3. The van der Waals surface area contributed by atoms with Crippen LogP contribution in [0.15, 0.2) is 6.20 Å². The third-order valence-electron chi connectivity index (χ3n) is 2.23. The second kappa shape index (κ2) is 5.09. The molecule has 4 N–H and O–H groups in total. The summed E-state index contributed by atoms with van der Waals surface area (Å²) in [5.74, 6) is 1.52. The number of H-pyrrole nitrogens is 1. The number of rotatable bonds is 5. The van der Waals surface area contributed by atoms with E-state index in [1.165, 1.54) is 0 Å². The summed E-state index contributed by atoms with van der Waals surface area (Å²) >= 11 is 0. The van der Waals surface area contributed by atoms with Crippen molar-refractivity contribution in [2.45, 2.75) is 6.42 Å². The van der Waals surface area contributed by atoms with Gasteiger partial charge in [0.2, 0.25) is 5.95 Å². The van der Waals surface area contributed by atoms with Crippen LogP contribution in [-0.2, 0) is 10.8 Å². The van der Waals surface area contributed by atoms with Crippen LogP contribution in [0.25, 0.3) is 11.0 Å². The van der Waals surface area contributed by atoms with Gasteiger partial charge in [0.05, 0.1) is 11.6 Å². The molecule has 2 rings (SSSR count). The Kier molecular flexibility index (Phi) is 3.52. The summed E-state index contributed by atoms with van der Waals surface area (Å²) in [5, 5.41) is 10.6. The third kappa shape index (κ3) is 2.90. The van der Waals surface area contributed by atoms with Gasteiger partial charge in [-0.25, -0.2) is 0 Å². The molecule has 0 bridgehead atoms. The summed E-state index contributed by atoms with van der Waals surface area (Å²) in [6.45, 7) is 0.691. The Hall–Kier alpha value is -1.70. The fraction of sp³-hybridized carbons (Fsp3) is 0.444. The number of aromatic amines is 1. The number of hydrogen-bond acceptors (Lipinski definition) is 6. The van der Waals surface area contributed by atoms with E-state index in [0.29, 0.717) is 23.8 Å². The number of anilines is 2. The van der Waals surface area contributed by atoms with E-state index in [4.69, 9.17) is 5.73 Å².